The maximum Gasteiger partial charge on any atom is 0.132 e. The van der Waals surface area contributed by atoms with Crippen molar-refractivity contribution in [3.8, 4) is 0 Å². The maximum atomic E-state index is 13.9. The Morgan fingerprint density at radius 3 is 2.89 bits per heavy atom. The smallest absolute Gasteiger partial charge is 0.132 e. The highest BCUT2D eigenvalue weighted by molar-refractivity contribution is 7.19. The Labute approximate surface area is 111 Å². The van der Waals surface area contributed by atoms with Crippen LogP contribution in [0.4, 0.5) is 4.39 Å². The standard InChI is InChI=1S/C14H18FNOS/c1-3-9(2)17-8-10-13(7-16)18-12-6-4-5-11(15)14(10)12/h4-6,9H,3,7-8,16H2,1-2H3. The molecule has 1 atom stereocenters. The van der Waals surface area contributed by atoms with Crippen LogP contribution in [0.1, 0.15) is 30.7 Å². The molecule has 1 aromatic carbocycles. The molecule has 1 unspecified atom stereocenters. The van der Waals surface area contributed by atoms with Crippen molar-refractivity contribution >= 4 is 21.4 Å². The molecule has 4 heteroatoms. The van der Waals surface area contributed by atoms with E-state index in [1.54, 1.807) is 17.4 Å². The van der Waals surface area contributed by atoms with Crippen LogP contribution in [0.5, 0.6) is 0 Å². The van der Waals surface area contributed by atoms with Crippen molar-refractivity contribution in [2.45, 2.75) is 39.5 Å². The fraction of sp³-hybridized carbons (Fsp3) is 0.429. The number of rotatable bonds is 5. The number of fused-ring (bicyclic) bond motifs is 1. The highest BCUT2D eigenvalue weighted by Gasteiger charge is 2.15. The van der Waals surface area contributed by atoms with E-state index in [1.165, 1.54) is 6.07 Å². The van der Waals surface area contributed by atoms with E-state index in [0.29, 0.717) is 18.5 Å². The van der Waals surface area contributed by atoms with Crippen LogP contribution in [0.2, 0.25) is 0 Å². The number of hydrogen-bond acceptors (Lipinski definition) is 3. The SMILES string of the molecule is CCC(C)OCc1c(CN)sc2cccc(F)c12. The molecule has 0 saturated carbocycles. The van der Waals surface area contributed by atoms with Crippen LogP contribution in [-0.4, -0.2) is 6.10 Å². The van der Waals surface area contributed by atoms with Gasteiger partial charge in [-0.05, 0) is 25.5 Å². The predicted molar refractivity (Wildman–Crippen MR) is 74.2 cm³/mol. The highest BCUT2D eigenvalue weighted by atomic mass is 32.1. The van der Waals surface area contributed by atoms with E-state index < -0.39 is 0 Å². The molecule has 2 N–H and O–H groups in total. The van der Waals surface area contributed by atoms with Gasteiger partial charge in [-0.2, -0.15) is 0 Å². The third-order valence-corrected chi connectivity index (χ3v) is 4.34. The van der Waals surface area contributed by atoms with Gasteiger partial charge in [0.15, 0.2) is 0 Å². The van der Waals surface area contributed by atoms with Gasteiger partial charge >= 0.3 is 0 Å². The summed E-state index contributed by atoms with van der Waals surface area (Å²) in [5, 5.41) is 0.672. The molecule has 0 fully saturated rings. The van der Waals surface area contributed by atoms with Gasteiger partial charge in [0.05, 0.1) is 12.7 Å². The molecule has 1 aromatic heterocycles. The lowest BCUT2D eigenvalue weighted by molar-refractivity contribution is 0.0512. The molecule has 2 nitrogen and oxygen atoms in total. The Kier molecular flexibility index (Phi) is 4.32. The molecule has 0 radical (unpaired) electrons. The van der Waals surface area contributed by atoms with Crippen LogP contribution in [0.15, 0.2) is 18.2 Å². The molecule has 2 aromatic rings. The van der Waals surface area contributed by atoms with E-state index in [9.17, 15) is 4.39 Å². The van der Waals surface area contributed by atoms with Crippen LogP contribution in [0.25, 0.3) is 10.1 Å². The third kappa shape index (κ3) is 2.55. The summed E-state index contributed by atoms with van der Waals surface area (Å²) < 4.78 is 20.6. The van der Waals surface area contributed by atoms with Crippen molar-refractivity contribution < 1.29 is 9.13 Å². The van der Waals surface area contributed by atoms with Crippen molar-refractivity contribution in [2.75, 3.05) is 0 Å². The minimum absolute atomic E-state index is 0.178. The zero-order valence-electron chi connectivity index (χ0n) is 10.7. The minimum Gasteiger partial charge on any atom is -0.374 e. The largest absolute Gasteiger partial charge is 0.374 e. The second kappa shape index (κ2) is 5.78. The lowest BCUT2D eigenvalue weighted by Crippen LogP contribution is -2.08. The number of benzene rings is 1. The Balaban J connectivity index is 2.40. The second-order valence-corrected chi connectivity index (χ2v) is 5.49. The van der Waals surface area contributed by atoms with Gasteiger partial charge < -0.3 is 10.5 Å². The molecule has 0 spiro atoms. The van der Waals surface area contributed by atoms with Crippen LogP contribution in [0.3, 0.4) is 0 Å². The molecule has 1 heterocycles. The van der Waals surface area contributed by atoms with E-state index in [-0.39, 0.29) is 11.9 Å². The molecule has 0 aliphatic rings. The highest BCUT2D eigenvalue weighted by Crippen LogP contribution is 2.33. The molecule has 0 amide bonds. The Morgan fingerprint density at radius 2 is 2.22 bits per heavy atom. The van der Waals surface area contributed by atoms with Gasteiger partial charge in [-0.3, -0.25) is 0 Å². The van der Waals surface area contributed by atoms with E-state index in [2.05, 4.69) is 6.92 Å². The summed E-state index contributed by atoms with van der Waals surface area (Å²) in [4.78, 5) is 1.01. The molecule has 0 bridgehead atoms. The number of halogens is 1. The van der Waals surface area contributed by atoms with Gasteiger partial charge in [-0.1, -0.05) is 13.0 Å². The van der Waals surface area contributed by atoms with E-state index in [4.69, 9.17) is 10.5 Å². The maximum absolute atomic E-state index is 13.9. The van der Waals surface area contributed by atoms with Gasteiger partial charge in [0.25, 0.3) is 0 Å². The average molecular weight is 267 g/mol. The van der Waals surface area contributed by atoms with E-state index >= 15 is 0 Å². The van der Waals surface area contributed by atoms with Crippen molar-refractivity contribution in [1.82, 2.24) is 0 Å². The van der Waals surface area contributed by atoms with Gasteiger partial charge in [-0.25, -0.2) is 4.39 Å². The summed E-state index contributed by atoms with van der Waals surface area (Å²) in [7, 11) is 0. The Morgan fingerprint density at radius 1 is 1.44 bits per heavy atom. The van der Waals surface area contributed by atoms with E-state index in [0.717, 1.165) is 21.6 Å². The third-order valence-electron chi connectivity index (χ3n) is 3.12. The van der Waals surface area contributed by atoms with Crippen LogP contribution in [0, 0.1) is 5.82 Å². The molecule has 18 heavy (non-hydrogen) atoms. The Hall–Kier alpha value is -0.970. The Bertz CT molecular complexity index is 538. The fourth-order valence-corrected chi connectivity index (χ4v) is 2.98. The summed E-state index contributed by atoms with van der Waals surface area (Å²) >= 11 is 1.55. The first-order valence-electron chi connectivity index (χ1n) is 6.17. The lowest BCUT2D eigenvalue weighted by Gasteiger charge is -2.11. The first-order chi connectivity index (χ1) is 8.67. The number of nitrogens with two attached hydrogens (primary N) is 1. The summed E-state index contributed by atoms with van der Waals surface area (Å²) in [5.41, 5.74) is 6.65. The predicted octanol–water partition coefficient (Wildman–Crippen LogP) is 3.81. The van der Waals surface area contributed by atoms with Crippen molar-refractivity contribution in [3.63, 3.8) is 0 Å². The van der Waals surface area contributed by atoms with Crippen LogP contribution in [-0.2, 0) is 17.9 Å². The fourth-order valence-electron chi connectivity index (χ4n) is 1.88. The second-order valence-electron chi connectivity index (χ2n) is 4.35. The molecular formula is C14H18FNOS. The zero-order valence-corrected chi connectivity index (χ0v) is 11.5. The van der Waals surface area contributed by atoms with Gasteiger partial charge in [0, 0.05) is 27.1 Å². The number of thiophene rings is 1. The van der Waals surface area contributed by atoms with Crippen molar-refractivity contribution in [1.29, 1.82) is 0 Å². The zero-order chi connectivity index (χ0) is 13.1. The molecule has 0 aliphatic carbocycles. The van der Waals surface area contributed by atoms with Crippen molar-refractivity contribution in [2.24, 2.45) is 5.73 Å². The molecule has 98 valence electrons. The minimum atomic E-state index is -0.189. The topological polar surface area (TPSA) is 35.2 Å². The lowest BCUT2D eigenvalue weighted by atomic mass is 10.1. The number of hydrogen-bond donors (Lipinski definition) is 1. The molecular weight excluding hydrogens is 249 g/mol. The normalized spacial score (nSPS) is 13.1. The summed E-state index contributed by atoms with van der Waals surface area (Å²) in [5.74, 6) is -0.189. The van der Waals surface area contributed by atoms with Gasteiger partial charge in [0.1, 0.15) is 5.82 Å². The molecule has 2 rings (SSSR count). The molecule has 0 saturated heterocycles. The average Bonchev–Trinajstić information content (AvgIpc) is 2.75. The quantitative estimate of drug-likeness (QED) is 0.894. The van der Waals surface area contributed by atoms with E-state index in [1.807, 2.05) is 13.0 Å². The van der Waals surface area contributed by atoms with Gasteiger partial charge in [0.2, 0.25) is 0 Å². The first kappa shape index (κ1) is 13.5. The summed E-state index contributed by atoms with van der Waals surface area (Å²) in [6, 6.07) is 5.14. The van der Waals surface area contributed by atoms with Crippen molar-refractivity contribution in [3.05, 3.63) is 34.5 Å². The first-order valence-corrected chi connectivity index (χ1v) is 6.99. The van der Waals surface area contributed by atoms with Crippen LogP contribution < -0.4 is 5.73 Å². The summed E-state index contributed by atoms with van der Waals surface area (Å²) in [6.45, 7) is 4.95. The summed E-state index contributed by atoms with van der Waals surface area (Å²) in [6.07, 6.45) is 1.13. The number of ether oxygens (including phenoxy) is 1. The van der Waals surface area contributed by atoms with Crippen LogP contribution >= 0.6 is 11.3 Å². The molecule has 0 aliphatic heterocycles. The monoisotopic (exact) mass is 267 g/mol. The van der Waals surface area contributed by atoms with Gasteiger partial charge in [-0.15, -0.1) is 11.3 Å².